The van der Waals surface area contributed by atoms with E-state index in [9.17, 15) is 9.59 Å². The lowest BCUT2D eigenvalue weighted by Gasteiger charge is -2.28. The van der Waals surface area contributed by atoms with Gasteiger partial charge in [0.2, 0.25) is 11.8 Å². The minimum absolute atomic E-state index is 0.123. The molecule has 2 rings (SSSR count). The fraction of sp³-hybridized carbons (Fsp3) is 0.600. The van der Waals surface area contributed by atoms with Crippen molar-refractivity contribution in [3.63, 3.8) is 0 Å². The van der Waals surface area contributed by atoms with Crippen molar-refractivity contribution in [3.05, 3.63) is 29.3 Å². The molecular formula is C20H29ClN2O3. The number of amides is 2. The van der Waals surface area contributed by atoms with Crippen molar-refractivity contribution in [2.24, 2.45) is 5.41 Å². The van der Waals surface area contributed by atoms with Crippen molar-refractivity contribution in [3.8, 4) is 5.75 Å². The molecule has 1 fully saturated rings. The Bertz CT molecular complexity index is 628. The summed E-state index contributed by atoms with van der Waals surface area (Å²) in [5.41, 5.74) is -0.380. The predicted octanol–water partition coefficient (Wildman–Crippen LogP) is 3.61. The van der Waals surface area contributed by atoms with Crippen LogP contribution < -0.4 is 4.74 Å². The fourth-order valence-corrected chi connectivity index (χ4v) is 3.16. The predicted molar refractivity (Wildman–Crippen MR) is 103 cm³/mol. The molecule has 1 aromatic rings. The van der Waals surface area contributed by atoms with Gasteiger partial charge < -0.3 is 14.5 Å². The van der Waals surface area contributed by atoms with Crippen LogP contribution in [0.1, 0.15) is 40.0 Å². The molecule has 1 aliphatic heterocycles. The average molecular weight is 381 g/mol. The lowest BCUT2D eigenvalue weighted by molar-refractivity contribution is -0.140. The zero-order valence-corrected chi connectivity index (χ0v) is 16.7. The second kappa shape index (κ2) is 9.26. The van der Waals surface area contributed by atoms with E-state index in [2.05, 4.69) is 0 Å². The number of hydrogen-bond acceptors (Lipinski definition) is 3. The van der Waals surface area contributed by atoms with Crippen LogP contribution in [0, 0.1) is 5.41 Å². The van der Waals surface area contributed by atoms with Crippen molar-refractivity contribution < 1.29 is 14.3 Å². The van der Waals surface area contributed by atoms with Crippen LogP contribution in [-0.4, -0.2) is 54.4 Å². The van der Waals surface area contributed by atoms with E-state index in [0.29, 0.717) is 49.9 Å². The highest BCUT2D eigenvalue weighted by molar-refractivity contribution is 6.32. The molecule has 0 unspecified atom stereocenters. The molecule has 6 heteroatoms. The molecule has 0 N–H and O–H groups in total. The van der Waals surface area contributed by atoms with Gasteiger partial charge in [0.05, 0.1) is 11.6 Å². The molecule has 1 heterocycles. The van der Waals surface area contributed by atoms with E-state index in [0.717, 1.165) is 13.0 Å². The minimum atomic E-state index is -0.380. The van der Waals surface area contributed by atoms with Crippen LogP contribution in [0.15, 0.2) is 24.3 Å². The number of benzene rings is 1. The van der Waals surface area contributed by atoms with Crippen LogP contribution in [0.3, 0.4) is 0 Å². The van der Waals surface area contributed by atoms with Gasteiger partial charge in [0, 0.05) is 38.0 Å². The number of rotatable bonds is 5. The first-order valence-corrected chi connectivity index (χ1v) is 9.61. The summed E-state index contributed by atoms with van der Waals surface area (Å²) in [4.78, 5) is 28.6. The molecule has 0 aliphatic carbocycles. The van der Waals surface area contributed by atoms with Gasteiger partial charge in [0.1, 0.15) is 5.75 Å². The summed E-state index contributed by atoms with van der Waals surface area (Å²) < 4.78 is 5.63. The van der Waals surface area contributed by atoms with Crippen LogP contribution in [0.2, 0.25) is 5.02 Å². The topological polar surface area (TPSA) is 49.9 Å². The summed E-state index contributed by atoms with van der Waals surface area (Å²) in [6.45, 7) is 8.89. The first kappa shape index (κ1) is 20.6. The number of ether oxygens (including phenoxy) is 1. The van der Waals surface area contributed by atoms with Crippen LogP contribution in [-0.2, 0) is 9.59 Å². The van der Waals surface area contributed by atoms with E-state index in [-0.39, 0.29) is 17.2 Å². The second-order valence-electron chi connectivity index (χ2n) is 7.66. The molecule has 0 spiro atoms. The van der Waals surface area contributed by atoms with Crippen molar-refractivity contribution in [2.45, 2.75) is 40.0 Å². The number of carbonyl (C=O) groups excluding carboxylic acids is 2. The SMILES string of the molecule is CC(C)(C)C(=O)N1CCCN(C(=O)CCCOc2ccccc2Cl)CC1. The summed E-state index contributed by atoms with van der Waals surface area (Å²) >= 11 is 6.04. The molecule has 0 bridgehead atoms. The Morgan fingerprint density at radius 2 is 1.73 bits per heavy atom. The smallest absolute Gasteiger partial charge is 0.228 e. The van der Waals surface area contributed by atoms with Gasteiger partial charge in [-0.05, 0) is 25.0 Å². The summed E-state index contributed by atoms with van der Waals surface area (Å²) in [6, 6.07) is 7.32. The zero-order chi connectivity index (χ0) is 19.2. The normalized spacial score (nSPS) is 15.5. The fourth-order valence-electron chi connectivity index (χ4n) is 2.97. The van der Waals surface area contributed by atoms with E-state index in [4.69, 9.17) is 16.3 Å². The third kappa shape index (κ3) is 5.90. The van der Waals surface area contributed by atoms with Crippen LogP contribution >= 0.6 is 11.6 Å². The zero-order valence-electron chi connectivity index (χ0n) is 16.0. The Morgan fingerprint density at radius 1 is 1.08 bits per heavy atom. The number of halogens is 1. The maximum atomic E-state index is 12.4. The van der Waals surface area contributed by atoms with E-state index in [1.54, 1.807) is 6.07 Å². The van der Waals surface area contributed by atoms with Gasteiger partial charge in [0.25, 0.3) is 0 Å². The van der Waals surface area contributed by atoms with Crippen molar-refractivity contribution >= 4 is 23.4 Å². The lowest BCUT2D eigenvalue weighted by atomic mass is 9.94. The summed E-state index contributed by atoms with van der Waals surface area (Å²) in [5.74, 6) is 0.922. The van der Waals surface area contributed by atoms with Gasteiger partial charge in [0.15, 0.2) is 0 Å². The molecule has 1 aliphatic rings. The highest BCUT2D eigenvalue weighted by Crippen LogP contribution is 2.23. The van der Waals surface area contributed by atoms with E-state index in [1.807, 2.05) is 48.8 Å². The molecule has 1 aromatic carbocycles. The van der Waals surface area contributed by atoms with Gasteiger partial charge in [-0.15, -0.1) is 0 Å². The van der Waals surface area contributed by atoms with E-state index < -0.39 is 0 Å². The second-order valence-corrected chi connectivity index (χ2v) is 8.07. The maximum absolute atomic E-state index is 12.4. The largest absolute Gasteiger partial charge is 0.492 e. The molecule has 144 valence electrons. The molecular weight excluding hydrogens is 352 g/mol. The highest BCUT2D eigenvalue weighted by atomic mass is 35.5. The van der Waals surface area contributed by atoms with Crippen LogP contribution in [0.5, 0.6) is 5.75 Å². The van der Waals surface area contributed by atoms with Crippen molar-refractivity contribution in [2.75, 3.05) is 32.8 Å². The third-order valence-corrected chi connectivity index (χ3v) is 4.72. The van der Waals surface area contributed by atoms with Gasteiger partial charge in [-0.25, -0.2) is 0 Å². The molecule has 0 saturated carbocycles. The molecule has 0 atom stereocenters. The molecule has 0 radical (unpaired) electrons. The molecule has 26 heavy (non-hydrogen) atoms. The Balaban J connectivity index is 1.74. The first-order chi connectivity index (χ1) is 12.3. The number of para-hydroxylation sites is 1. The average Bonchev–Trinajstić information content (AvgIpc) is 2.84. The number of carbonyl (C=O) groups is 2. The lowest BCUT2D eigenvalue weighted by Crippen LogP contribution is -2.42. The summed E-state index contributed by atoms with van der Waals surface area (Å²) in [6.07, 6.45) is 1.91. The number of hydrogen-bond donors (Lipinski definition) is 0. The van der Waals surface area contributed by atoms with Gasteiger partial charge in [-0.3, -0.25) is 9.59 Å². The summed E-state index contributed by atoms with van der Waals surface area (Å²) in [7, 11) is 0. The Labute approximate surface area is 161 Å². The van der Waals surface area contributed by atoms with Gasteiger partial charge in [-0.2, -0.15) is 0 Å². The van der Waals surface area contributed by atoms with Gasteiger partial charge >= 0.3 is 0 Å². The monoisotopic (exact) mass is 380 g/mol. The molecule has 2 amide bonds. The van der Waals surface area contributed by atoms with Crippen molar-refractivity contribution in [1.82, 2.24) is 9.80 Å². The standard InChI is InChI=1S/C20H29ClN2O3/c1-20(2,3)19(25)23-12-7-11-22(13-14-23)18(24)10-6-15-26-17-9-5-4-8-16(17)21/h4-5,8-9H,6-7,10-15H2,1-3H3. The minimum Gasteiger partial charge on any atom is -0.492 e. The first-order valence-electron chi connectivity index (χ1n) is 9.23. The quantitative estimate of drug-likeness (QED) is 0.733. The van der Waals surface area contributed by atoms with Crippen LogP contribution in [0.25, 0.3) is 0 Å². The third-order valence-electron chi connectivity index (χ3n) is 4.41. The molecule has 5 nitrogen and oxygen atoms in total. The van der Waals surface area contributed by atoms with Crippen LogP contribution in [0.4, 0.5) is 0 Å². The van der Waals surface area contributed by atoms with Gasteiger partial charge in [-0.1, -0.05) is 44.5 Å². The summed E-state index contributed by atoms with van der Waals surface area (Å²) in [5, 5.41) is 0.579. The Morgan fingerprint density at radius 3 is 2.42 bits per heavy atom. The molecule has 1 saturated heterocycles. The Kier molecular flexibility index (Phi) is 7.33. The maximum Gasteiger partial charge on any atom is 0.228 e. The van der Waals surface area contributed by atoms with E-state index in [1.165, 1.54) is 0 Å². The van der Waals surface area contributed by atoms with Crippen molar-refractivity contribution in [1.29, 1.82) is 0 Å². The van der Waals surface area contributed by atoms with E-state index >= 15 is 0 Å². The molecule has 0 aromatic heterocycles. The number of nitrogens with zero attached hydrogens (tertiary/aromatic N) is 2. The Hall–Kier alpha value is -1.75. The highest BCUT2D eigenvalue weighted by Gasteiger charge is 2.29.